The van der Waals surface area contributed by atoms with Crippen molar-refractivity contribution < 1.29 is 32.4 Å². The van der Waals surface area contributed by atoms with Gasteiger partial charge >= 0.3 is 13.9 Å². The number of aliphatic hydroxyl groups excluding tert-OH is 1. The van der Waals surface area contributed by atoms with Crippen LogP contribution in [0.2, 0.25) is 0 Å². The fraction of sp³-hybridized carbons (Fsp3) is 0.769. The number of nitrogens with two attached hydrogens (primary N) is 1. The highest BCUT2D eigenvalue weighted by molar-refractivity contribution is 7.48. The number of phosphoric acid groups is 1. The summed E-state index contributed by atoms with van der Waals surface area (Å²) in [4.78, 5) is 12.8. The maximum absolute atomic E-state index is 13.5. The second kappa shape index (κ2) is 6.32. The number of halogens is 1. The van der Waals surface area contributed by atoms with E-state index in [9.17, 15) is 14.1 Å². The summed E-state index contributed by atoms with van der Waals surface area (Å²) in [6.07, 6.45) is -4.60. The van der Waals surface area contributed by atoms with Crippen LogP contribution in [0.15, 0.2) is 15.0 Å². The molecule has 4 rings (SSSR count). The van der Waals surface area contributed by atoms with E-state index in [1.54, 1.807) is 13.8 Å². The number of ether oxygens (including phenoxy) is 1. The first-order valence-electron chi connectivity index (χ1n) is 8.10. The van der Waals surface area contributed by atoms with Crippen LogP contribution in [0.1, 0.15) is 13.8 Å². The molecule has 13 heteroatoms. The first kappa shape index (κ1) is 18.0. The van der Waals surface area contributed by atoms with Crippen molar-refractivity contribution in [1.29, 1.82) is 0 Å². The van der Waals surface area contributed by atoms with E-state index in [-0.39, 0.29) is 18.5 Å². The molecule has 0 aromatic carbocycles. The molecule has 2 fully saturated rings. The third-order valence-corrected chi connectivity index (χ3v) is 5.95. The minimum absolute atomic E-state index is 0.0134. The number of fused-ring (bicyclic) bond motifs is 2. The Labute approximate surface area is 148 Å². The Hall–Kier alpha value is -1.43. The predicted molar refractivity (Wildman–Crippen MR) is 87.4 cm³/mol. The first-order valence-corrected chi connectivity index (χ1v) is 9.56. The van der Waals surface area contributed by atoms with E-state index in [1.807, 2.05) is 0 Å². The fourth-order valence-electron chi connectivity index (χ4n) is 3.24. The Bertz CT molecular complexity index is 732. The average molecular weight is 391 g/mol. The highest BCUT2D eigenvalue weighted by Gasteiger charge is 2.56. The zero-order chi connectivity index (χ0) is 18.6. The first-order chi connectivity index (χ1) is 12.3. The van der Waals surface area contributed by atoms with Crippen molar-refractivity contribution in [2.45, 2.75) is 56.7 Å². The molecule has 4 aliphatic heterocycles. The van der Waals surface area contributed by atoms with Crippen LogP contribution in [0, 0.1) is 0 Å². The molecule has 4 heterocycles. The molecule has 0 aromatic heterocycles. The summed E-state index contributed by atoms with van der Waals surface area (Å²) in [7, 11) is -3.80. The van der Waals surface area contributed by atoms with Gasteiger partial charge in [-0.3, -0.25) is 18.6 Å². The van der Waals surface area contributed by atoms with Gasteiger partial charge < -0.3 is 20.5 Å². The third kappa shape index (κ3) is 2.96. The van der Waals surface area contributed by atoms with E-state index in [4.69, 9.17) is 24.0 Å². The van der Waals surface area contributed by atoms with E-state index in [0.29, 0.717) is 0 Å². The van der Waals surface area contributed by atoms with Gasteiger partial charge in [-0.05, 0) is 13.8 Å². The lowest BCUT2D eigenvalue weighted by Gasteiger charge is -2.32. The second-order valence-corrected chi connectivity index (χ2v) is 8.10. The van der Waals surface area contributed by atoms with Gasteiger partial charge in [0.05, 0.1) is 19.0 Å². The lowest BCUT2D eigenvalue weighted by molar-refractivity contribution is -0.0869. The quantitative estimate of drug-likeness (QED) is 0.496. The minimum Gasteiger partial charge on any atom is -0.386 e. The summed E-state index contributed by atoms with van der Waals surface area (Å²) in [6.45, 7) is 3.29. The molecule has 0 aliphatic carbocycles. The van der Waals surface area contributed by atoms with Crippen molar-refractivity contribution in [3.05, 3.63) is 0 Å². The summed E-state index contributed by atoms with van der Waals surface area (Å²) in [6, 6.07) is -0.666. The predicted octanol–water partition coefficient (Wildman–Crippen LogP) is -0.244. The van der Waals surface area contributed by atoms with E-state index in [1.165, 1.54) is 11.2 Å². The van der Waals surface area contributed by atoms with Gasteiger partial charge in [0.1, 0.15) is 30.2 Å². The minimum atomic E-state index is -3.80. The van der Waals surface area contributed by atoms with Crippen LogP contribution in [0.4, 0.5) is 4.39 Å². The number of amidine groups is 2. The average Bonchev–Trinajstić information content (AvgIpc) is 3.08. The van der Waals surface area contributed by atoms with E-state index in [2.05, 4.69) is 15.0 Å². The zero-order valence-electron chi connectivity index (χ0n) is 14.0. The van der Waals surface area contributed by atoms with Crippen LogP contribution >= 0.6 is 7.82 Å². The molecular formula is C13H19FN5O6P. The molecule has 3 unspecified atom stereocenters. The van der Waals surface area contributed by atoms with Gasteiger partial charge in [0.25, 0.3) is 0 Å². The van der Waals surface area contributed by atoms with Crippen LogP contribution < -0.4 is 5.73 Å². The molecule has 2 saturated heterocycles. The van der Waals surface area contributed by atoms with Crippen molar-refractivity contribution in [1.82, 2.24) is 4.90 Å². The van der Waals surface area contributed by atoms with Crippen molar-refractivity contribution in [3.8, 4) is 0 Å². The molecule has 0 radical (unpaired) electrons. The number of rotatable bonds is 3. The van der Waals surface area contributed by atoms with E-state index >= 15 is 0 Å². The molecule has 4 aliphatic rings. The SMILES string of the molecule is CC(C)OP1(=O)OC[C@H]2O[C@@H](N3C=NC4C(N)=NC(F)=NC43)[C@@H](O)[C@@H]2O1. The molecule has 0 amide bonds. The molecule has 144 valence electrons. The Morgan fingerprint density at radius 3 is 3.04 bits per heavy atom. The van der Waals surface area contributed by atoms with Gasteiger partial charge in [0, 0.05) is 0 Å². The normalized spacial score (nSPS) is 44.7. The lowest BCUT2D eigenvalue weighted by atomic mass is 10.1. The standard InChI is InChI=1S/C13H19FN5O6P/c1-5(2)24-26(21)22-3-6-9(25-26)8(20)12(23-6)19-4-16-7-10(15)17-13(14)18-11(7)19/h4-9,11-12,20H,3H2,1-2H3,(H2,15,17,18)/t6-,7?,8+,9-,11?,12-,26?/m1/s1. The molecule has 11 nitrogen and oxygen atoms in total. The lowest BCUT2D eigenvalue weighted by Crippen LogP contribution is -2.52. The van der Waals surface area contributed by atoms with E-state index in [0.717, 1.165) is 0 Å². The monoisotopic (exact) mass is 391 g/mol. The van der Waals surface area contributed by atoms with Crippen molar-refractivity contribution in [2.24, 2.45) is 20.7 Å². The molecule has 0 saturated carbocycles. The van der Waals surface area contributed by atoms with Crippen LogP contribution in [-0.4, -0.2) is 77.7 Å². The zero-order valence-corrected chi connectivity index (χ0v) is 14.9. The molecular weight excluding hydrogens is 372 g/mol. The van der Waals surface area contributed by atoms with Crippen LogP contribution in [0.3, 0.4) is 0 Å². The largest absolute Gasteiger partial charge is 0.475 e. The van der Waals surface area contributed by atoms with Crippen LogP contribution in [0.25, 0.3) is 0 Å². The molecule has 26 heavy (non-hydrogen) atoms. The van der Waals surface area contributed by atoms with Crippen molar-refractivity contribution >= 4 is 26.1 Å². The van der Waals surface area contributed by atoms with Crippen molar-refractivity contribution in [3.63, 3.8) is 0 Å². The summed E-state index contributed by atoms with van der Waals surface area (Å²) in [5, 5.41) is 10.6. The summed E-state index contributed by atoms with van der Waals surface area (Å²) >= 11 is 0. The molecule has 0 bridgehead atoms. The Morgan fingerprint density at radius 2 is 2.31 bits per heavy atom. The Balaban J connectivity index is 1.52. The molecule has 0 spiro atoms. The number of hydrogen-bond acceptors (Lipinski definition) is 11. The van der Waals surface area contributed by atoms with Crippen LogP contribution in [0.5, 0.6) is 0 Å². The van der Waals surface area contributed by atoms with Gasteiger partial charge in [0.15, 0.2) is 12.4 Å². The maximum atomic E-state index is 13.5. The van der Waals surface area contributed by atoms with Crippen molar-refractivity contribution in [2.75, 3.05) is 6.61 Å². The fourth-order valence-corrected chi connectivity index (χ4v) is 4.81. The summed E-state index contributed by atoms with van der Waals surface area (Å²) < 4.78 is 47.6. The third-order valence-electron chi connectivity index (χ3n) is 4.30. The Morgan fingerprint density at radius 1 is 1.54 bits per heavy atom. The number of aliphatic hydroxyl groups is 1. The van der Waals surface area contributed by atoms with Gasteiger partial charge in [-0.25, -0.2) is 9.56 Å². The summed E-state index contributed by atoms with van der Waals surface area (Å²) in [5.74, 6) is -0.0134. The smallest absolute Gasteiger partial charge is 0.386 e. The second-order valence-electron chi connectivity index (χ2n) is 6.53. The number of hydrogen-bond donors (Lipinski definition) is 2. The highest BCUT2D eigenvalue weighted by Crippen LogP contribution is 2.56. The molecule has 0 aromatic rings. The molecule has 3 N–H and O–H groups in total. The summed E-state index contributed by atoms with van der Waals surface area (Å²) in [5.41, 5.74) is 5.69. The van der Waals surface area contributed by atoms with Gasteiger partial charge in [-0.1, -0.05) is 0 Å². The van der Waals surface area contributed by atoms with Gasteiger partial charge in [-0.15, -0.1) is 0 Å². The molecule has 7 atom stereocenters. The number of nitrogens with zero attached hydrogens (tertiary/aromatic N) is 4. The van der Waals surface area contributed by atoms with Gasteiger partial charge in [0.2, 0.25) is 0 Å². The Kier molecular flexibility index (Phi) is 4.37. The maximum Gasteiger partial charge on any atom is 0.475 e. The number of aliphatic imine (C=N–C) groups is 3. The van der Waals surface area contributed by atoms with Gasteiger partial charge in [-0.2, -0.15) is 9.38 Å². The van der Waals surface area contributed by atoms with E-state index < -0.39 is 50.7 Å². The topological polar surface area (TPSA) is 141 Å². The van der Waals surface area contributed by atoms with Crippen LogP contribution in [-0.2, 0) is 22.9 Å². The number of phosphoric ester groups is 1. The highest BCUT2D eigenvalue weighted by atomic mass is 31.2.